The van der Waals surface area contributed by atoms with Crippen molar-refractivity contribution in [3.63, 3.8) is 0 Å². The third kappa shape index (κ3) is 4.43. The Morgan fingerprint density at radius 2 is 1.84 bits per heavy atom. The number of hydrogen-bond acceptors (Lipinski definition) is 2. The molecule has 1 heterocycles. The highest BCUT2D eigenvalue weighted by molar-refractivity contribution is 6.33. The van der Waals surface area contributed by atoms with Crippen LogP contribution in [0.15, 0.2) is 60.7 Å². The van der Waals surface area contributed by atoms with Gasteiger partial charge in [0.15, 0.2) is 0 Å². The molecule has 0 bridgehead atoms. The largest absolute Gasteiger partial charge is 0.376 e. The first-order valence-electron chi connectivity index (χ1n) is 11.2. The van der Waals surface area contributed by atoms with Gasteiger partial charge in [0.05, 0.1) is 6.10 Å². The Labute approximate surface area is 198 Å². The van der Waals surface area contributed by atoms with Crippen molar-refractivity contribution in [3.05, 3.63) is 93.0 Å². The number of hydrogen-bond donors (Lipinski definition) is 1. The molecule has 164 valence electrons. The predicted octanol–water partition coefficient (Wildman–Crippen LogP) is 6.65. The number of halogens is 2. The maximum Gasteiger partial charge on any atom is 0.251 e. The smallest absolute Gasteiger partial charge is 0.251 e. The molecule has 32 heavy (non-hydrogen) atoms. The summed E-state index contributed by atoms with van der Waals surface area (Å²) in [5.41, 5.74) is 6.51. The Morgan fingerprint density at radius 3 is 2.69 bits per heavy atom. The van der Waals surface area contributed by atoms with Gasteiger partial charge >= 0.3 is 0 Å². The topological polar surface area (TPSA) is 38.3 Å². The van der Waals surface area contributed by atoms with Crippen LogP contribution in [0.25, 0.3) is 11.1 Å². The highest BCUT2D eigenvalue weighted by Crippen LogP contribution is 2.43. The molecule has 0 aromatic heterocycles. The Morgan fingerprint density at radius 1 is 0.969 bits per heavy atom. The van der Waals surface area contributed by atoms with Crippen LogP contribution in [0.4, 0.5) is 0 Å². The Balaban J connectivity index is 1.40. The van der Waals surface area contributed by atoms with Crippen molar-refractivity contribution in [1.82, 2.24) is 5.32 Å². The minimum Gasteiger partial charge on any atom is -0.376 e. The highest BCUT2D eigenvalue weighted by atomic mass is 35.5. The molecule has 1 aliphatic heterocycles. The Kier molecular flexibility index (Phi) is 6.23. The Hall–Kier alpha value is -2.33. The van der Waals surface area contributed by atoms with E-state index in [1.807, 2.05) is 36.4 Å². The quantitative estimate of drug-likeness (QED) is 0.457. The molecule has 1 fully saturated rings. The molecule has 5 heteroatoms. The number of ether oxygens (including phenoxy) is 1. The normalized spacial score (nSPS) is 19.7. The lowest BCUT2D eigenvalue weighted by molar-refractivity contribution is 0.0858. The standard InChI is InChI=1S/C27H25Cl2NO2/c28-21-9-11-26(29)25(15-21)23-10-8-17-6-7-19(14-24(17)23)18-3-1-4-20(13-18)27(31)30-16-22-5-2-12-32-22/h1,3-4,6-7,9,11,13-15,22-23H,2,5,8,10,12,16H2,(H,30,31). The maximum absolute atomic E-state index is 12.7. The summed E-state index contributed by atoms with van der Waals surface area (Å²) in [6.45, 7) is 1.35. The van der Waals surface area contributed by atoms with Crippen molar-refractivity contribution in [2.24, 2.45) is 0 Å². The zero-order valence-corrected chi connectivity index (χ0v) is 19.3. The average molecular weight is 466 g/mol. The number of carbonyl (C=O) groups is 1. The monoisotopic (exact) mass is 465 g/mol. The van der Waals surface area contributed by atoms with Crippen LogP contribution in [0.1, 0.15) is 52.2 Å². The lowest BCUT2D eigenvalue weighted by Crippen LogP contribution is -2.31. The van der Waals surface area contributed by atoms with Crippen molar-refractivity contribution in [3.8, 4) is 11.1 Å². The minimum absolute atomic E-state index is 0.0629. The van der Waals surface area contributed by atoms with E-state index in [-0.39, 0.29) is 17.9 Å². The van der Waals surface area contributed by atoms with E-state index in [4.69, 9.17) is 27.9 Å². The lowest BCUT2D eigenvalue weighted by Gasteiger charge is -2.16. The molecule has 3 aromatic carbocycles. The van der Waals surface area contributed by atoms with E-state index in [1.165, 1.54) is 11.1 Å². The molecule has 2 atom stereocenters. The molecule has 2 unspecified atom stereocenters. The molecular formula is C27H25Cl2NO2. The number of nitrogens with one attached hydrogen (secondary N) is 1. The maximum atomic E-state index is 12.7. The zero-order valence-electron chi connectivity index (χ0n) is 17.7. The molecule has 1 aliphatic carbocycles. The number of aryl methyl sites for hydroxylation is 1. The van der Waals surface area contributed by atoms with Crippen LogP contribution < -0.4 is 5.32 Å². The summed E-state index contributed by atoms with van der Waals surface area (Å²) >= 11 is 12.8. The van der Waals surface area contributed by atoms with Gasteiger partial charge in [0, 0.05) is 34.7 Å². The second kappa shape index (κ2) is 9.27. The van der Waals surface area contributed by atoms with E-state index >= 15 is 0 Å². The van der Waals surface area contributed by atoms with Crippen LogP contribution in [0.5, 0.6) is 0 Å². The Bertz CT molecular complexity index is 1150. The predicted molar refractivity (Wildman–Crippen MR) is 130 cm³/mol. The number of rotatable bonds is 5. The van der Waals surface area contributed by atoms with Gasteiger partial charge in [-0.2, -0.15) is 0 Å². The van der Waals surface area contributed by atoms with E-state index in [2.05, 4.69) is 29.6 Å². The molecule has 3 nitrogen and oxygen atoms in total. The first kappa shape index (κ1) is 21.5. The molecule has 2 aliphatic rings. The van der Waals surface area contributed by atoms with Crippen molar-refractivity contribution >= 4 is 29.1 Å². The minimum atomic E-state index is -0.0629. The van der Waals surface area contributed by atoms with Gasteiger partial charge in [-0.05, 0) is 83.8 Å². The van der Waals surface area contributed by atoms with Crippen molar-refractivity contribution in [2.75, 3.05) is 13.2 Å². The molecule has 0 radical (unpaired) electrons. The highest BCUT2D eigenvalue weighted by Gasteiger charge is 2.26. The number of carbonyl (C=O) groups excluding carboxylic acids is 1. The van der Waals surface area contributed by atoms with Gasteiger partial charge in [-0.15, -0.1) is 0 Å². The zero-order chi connectivity index (χ0) is 22.1. The van der Waals surface area contributed by atoms with Crippen LogP contribution in [0, 0.1) is 0 Å². The third-order valence-electron chi connectivity index (χ3n) is 6.53. The van der Waals surface area contributed by atoms with Crippen molar-refractivity contribution in [1.29, 1.82) is 0 Å². The van der Waals surface area contributed by atoms with Crippen LogP contribution in [0.3, 0.4) is 0 Å². The van der Waals surface area contributed by atoms with E-state index in [1.54, 1.807) is 0 Å². The fraction of sp³-hybridized carbons (Fsp3) is 0.296. The molecule has 5 rings (SSSR count). The van der Waals surface area contributed by atoms with Gasteiger partial charge < -0.3 is 10.1 Å². The average Bonchev–Trinajstić information content (AvgIpc) is 3.48. The van der Waals surface area contributed by atoms with Crippen LogP contribution in [-0.2, 0) is 11.2 Å². The summed E-state index contributed by atoms with van der Waals surface area (Å²) in [6, 6.07) is 20.1. The van der Waals surface area contributed by atoms with Crippen LogP contribution in [0.2, 0.25) is 10.0 Å². The fourth-order valence-electron chi connectivity index (χ4n) is 4.84. The summed E-state index contributed by atoms with van der Waals surface area (Å²) < 4.78 is 5.60. The van der Waals surface area contributed by atoms with Crippen LogP contribution in [-0.4, -0.2) is 25.2 Å². The van der Waals surface area contributed by atoms with Gasteiger partial charge in [0.25, 0.3) is 5.91 Å². The summed E-state index contributed by atoms with van der Waals surface area (Å²) in [6.07, 6.45) is 4.25. The number of benzene rings is 3. The van der Waals surface area contributed by atoms with Gasteiger partial charge in [0.2, 0.25) is 0 Å². The van der Waals surface area contributed by atoms with Crippen molar-refractivity contribution < 1.29 is 9.53 Å². The van der Waals surface area contributed by atoms with E-state index < -0.39 is 0 Å². The second-order valence-corrected chi connectivity index (χ2v) is 9.44. The first-order valence-corrected chi connectivity index (χ1v) is 11.9. The van der Waals surface area contributed by atoms with Gasteiger partial charge in [-0.25, -0.2) is 0 Å². The summed E-state index contributed by atoms with van der Waals surface area (Å²) in [5.74, 6) is 0.168. The molecule has 1 amide bonds. The van der Waals surface area contributed by atoms with E-state index in [0.29, 0.717) is 17.1 Å². The third-order valence-corrected chi connectivity index (χ3v) is 7.11. The summed E-state index contributed by atoms with van der Waals surface area (Å²) in [5, 5.41) is 4.47. The number of fused-ring (bicyclic) bond motifs is 1. The van der Waals surface area contributed by atoms with Crippen LogP contribution >= 0.6 is 23.2 Å². The van der Waals surface area contributed by atoms with Gasteiger partial charge in [0.1, 0.15) is 0 Å². The molecule has 3 aromatic rings. The van der Waals surface area contributed by atoms with Gasteiger partial charge in [-0.3, -0.25) is 4.79 Å². The van der Waals surface area contributed by atoms with E-state index in [0.717, 1.165) is 54.0 Å². The van der Waals surface area contributed by atoms with Gasteiger partial charge in [-0.1, -0.05) is 53.5 Å². The lowest BCUT2D eigenvalue weighted by atomic mass is 9.90. The summed E-state index contributed by atoms with van der Waals surface area (Å²) in [7, 11) is 0. The summed E-state index contributed by atoms with van der Waals surface area (Å²) in [4.78, 5) is 12.7. The SMILES string of the molecule is O=C(NCC1CCCO1)c1cccc(-c2ccc3c(c2)C(c2cc(Cl)ccc2Cl)CC3)c1. The first-order chi connectivity index (χ1) is 15.6. The fourth-order valence-corrected chi connectivity index (χ4v) is 5.27. The van der Waals surface area contributed by atoms with E-state index in [9.17, 15) is 4.79 Å². The molecule has 1 saturated heterocycles. The number of amides is 1. The molecule has 0 spiro atoms. The molecule has 1 N–H and O–H groups in total. The second-order valence-electron chi connectivity index (χ2n) is 8.60. The van der Waals surface area contributed by atoms with Crippen molar-refractivity contribution in [2.45, 2.75) is 37.7 Å². The molecular weight excluding hydrogens is 441 g/mol. The molecule has 0 saturated carbocycles.